The van der Waals surface area contributed by atoms with E-state index in [1.807, 2.05) is 0 Å². The van der Waals surface area contributed by atoms with Crippen molar-refractivity contribution in [1.82, 2.24) is 9.80 Å². The summed E-state index contributed by atoms with van der Waals surface area (Å²) < 4.78 is 5.97. The fourth-order valence-electron chi connectivity index (χ4n) is 4.02. The number of ether oxygens (including phenoxy) is 1. The van der Waals surface area contributed by atoms with Crippen molar-refractivity contribution in [2.24, 2.45) is 10.8 Å². The molecule has 2 rings (SSSR count). The number of rotatable bonds is 8. The van der Waals surface area contributed by atoms with E-state index in [1.54, 1.807) is 0 Å². The number of nitrogens with zero attached hydrogens (tertiary/aromatic N) is 2. The highest BCUT2D eigenvalue weighted by atomic mass is 16.5. The first-order chi connectivity index (χ1) is 11.3. The van der Waals surface area contributed by atoms with Crippen LogP contribution >= 0.6 is 0 Å². The van der Waals surface area contributed by atoms with Gasteiger partial charge in [-0.2, -0.15) is 0 Å². The van der Waals surface area contributed by atoms with Crippen molar-refractivity contribution < 1.29 is 4.74 Å². The Morgan fingerprint density at radius 1 is 0.875 bits per heavy atom. The molecule has 3 nitrogen and oxygen atoms in total. The average molecular weight is 339 g/mol. The van der Waals surface area contributed by atoms with Crippen LogP contribution in [-0.4, -0.2) is 62.3 Å². The van der Waals surface area contributed by atoms with Crippen LogP contribution in [0.3, 0.4) is 0 Å². The lowest BCUT2D eigenvalue weighted by Gasteiger charge is -2.37. The summed E-state index contributed by atoms with van der Waals surface area (Å²) in [5.74, 6) is 0. The molecule has 0 amide bonds. The SMILES string of the molecule is CN1CCN(CCC(C)(C)CCC(C)(C)CC2CCCCO2)CC1. The van der Waals surface area contributed by atoms with Gasteiger partial charge in [-0.05, 0) is 69.4 Å². The van der Waals surface area contributed by atoms with E-state index in [-0.39, 0.29) is 0 Å². The molecule has 0 aromatic rings. The average Bonchev–Trinajstić information content (AvgIpc) is 2.53. The van der Waals surface area contributed by atoms with Crippen LogP contribution in [0, 0.1) is 10.8 Å². The molecule has 2 aliphatic rings. The molecule has 0 saturated carbocycles. The maximum absolute atomic E-state index is 5.97. The molecule has 0 bridgehead atoms. The zero-order valence-corrected chi connectivity index (χ0v) is 17.1. The van der Waals surface area contributed by atoms with Crippen molar-refractivity contribution in [1.29, 1.82) is 0 Å². The zero-order valence-electron chi connectivity index (χ0n) is 17.1. The first-order valence-corrected chi connectivity index (χ1v) is 10.3. The van der Waals surface area contributed by atoms with Gasteiger partial charge in [0.15, 0.2) is 0 Å². The summed E-state index contributed by atoms with van der Waals surface area (Å²) in [6.45, 7) is 17.0. The summed E-state index contributed by atoms with van der Waals surface area (Å²) in [6, 6.07) is 0. The summed E-state index contributed by atoms with van der Waals surface area (Å²) in [5, 5.41) is 0. The van der Waals surface area contributed by atoms with Crippen molar-refractivity contribution in [2.75, 3.05) is 46.4 Å². The van der Waals surface area contributed by atoms with Gasteiger partial charge in [-0.15, -0.1) is 0 Å². The molecular weight excluding hydrogens is 296 g/mol. The van der Waals surface area contributed by atoms with Crippen LogP contribution in [0.5, 0.6) is 0 Å². The highest BCUT2D eigenvalue weighted by molar-refractivity contribution is 4.80. The van der Waals surface area contributed by atoms with Crippen LogP contribution in [0.2, 0.25) is 0 Å². The molecule has 2 aliphatic heterocycles. The smallest absolute Gasteiger partial charge is 0.0580 e. The number of hydrogen-bond acceptors (Lipinski definition) is 3. The molecule has 1 atom stereocenters. The standard InChI is InChI=1S/C21H42N2O/c1-20(2,11-12-23-15-13-22(5)14-16-23)9-10-21(3,4)18-19-8-6-7-17-24-19/h19H,6-18H2,1-5H3. The van der Waals surface area contributed by atoms with Gasteiger partial charge in [-0.3, -0.25) is 0 Å². The van der Waals surface area contributed by atoms with Crippen molar-refractivity contribution in [2.45, 2.75) is 78.7 Å². The van der Waals surface area contributed by atoms with Crippen LogP contribution in [0.1, 0.15) is 72.6 Å². The Labute approximate surface area is 151 Å². The Bertz CT molecular complexity index is 353. The monoisotopic (exact) mass is 338 g/mol. The summed E-state index contributed by atoms with van der Waals surface area (Å²) in [5.41, 5.74) is 0.862. The second-order valence-corrected chi connectivity index (χ2v) is 9.92. The Kier molecular flexibility index (Phi) is 7.58. The molecule has 2 heterocycles. The lowest BCUT2D eigenvalue weighted by atomic mass is 9.74. The summed E-state index contributed by atoms with van der Waals surface area (Å²) in [4.78, 5) is 5.10. The molecule has 142 valence electrons. The molecule has 0 radical (unpaired) electrons. The first kappa shape index (κ1) is 20.2. The molecular formula is C21H42N2O. The third kappa shape index (κ3) is 7.41. The fraction of sp³-hybridized carbons (Fsp3) is 1.00. The van der Waals surface area contributed by atoms with Gasteiger partial charge in [-0.1, -0.05) is 27.7 Å². The Balaban J connectivity index is 1.68. The van der Waals surface area contributed by atoms with E-state index in [2.05, 4.69) is 44.5 Å². The summed E-state index contributed by atoms with van der Waals surface area (Å²) >= 11 is 0. The minimum atomic E-state index is 0.410. The van der Waals surface area contributed by atoms with Crippen molar-refractivity contribution in [3.05, 3.63) is 0 Å². The first-order valence-electron chi connectivity index (χ1n) is 10.3. The van der Waals surface area contributed by atoms with Gasteiger partial charge >= 0.3 is 0 Å². The van der Waals surface area contributed by atoms with E-state index < -0.39 is 0 Å². The van der Waals surface area contributed by atoms with Crippen LogP contribution in [0.4, 0.5) is 0 Å². The van der Waals surface area contributed by atoms with Gasteiger partial charge in [0.2, 0.25) is 0 Å². The molecule has 0 aliphatic carbocycles. The van der Waals surface area contributed by atoms with E-state index in [0.717, 1.165) is 6.61 Å². The number of piperazine rings is 1. The Hall–Kier alpha value is -0.120. The molecule has 0 aromatic heterocycles. The van der Waals surface area contributed by atoms with Gasteiger partial charge in [0, 0.05) is 32.8 Å². The molecule has 1 unspecified atom stereocenters. The molecule has 0 aromatic carbocycles. The molecule has 2 saturated heterocycles. The highest BCUT2D eigenvalue weighted by Crippen LogP contribution is 2.37. The molecule has 0 N–H and O–H groups in total. The fourth-order valence-corrected chi connectivity index (χ4v) is 4.02. The van der Waals surface area contributed by atoms with Crippen molar-refractivity contribution in [3.63, 3.8) is 0 Å². The van der Waals surface area contributed by atoms with Gasteiger partial charge < -0.3 is 14.5 Å². The Morgan fingerprint density at radius 2 is 1.54 bits per heavy atom. The second-order valence-electron chi connectivity index (χ2n) is 9.92. The van der Waals surface area contributed by atoms with E-state index in [1.165, 1.54) is 77.7 Å². The summed E-state index contributed by atoms with van der Waals surface area (Å²) in [7, 11) is 2.24. The second kappa shape index (κ2) is 9.00. The van der Waals surface area contributed by atoms with Crippen molar-refractivity contribution in [3.8, 4) is 0 Å². The van der Waals surface area contributed by atoms with Crippen LogP contribution in [0.15, 0.2) is 0 Å². The predicted molar refractivity (Wildman–Crippen MR) is 104 cm³/mol. The van der Waals surface area contributed by atoms with E-state index in [4.69, 9.17) is 4.74 Å². The third-order valence-corrected chi connectivity index (χ3v) is 6.23. The van der Waals surface area contributed by atoms with Crippen molar-refractivity contribution >= 4 is 0 Å². The lowest BCUT2D eigenvalue weighted by Crippen LogP contribution is -2.45. The largest absolute Gasteiger partial charge is 0.378 e. The molecule has 0 spiro atoms. The van der Waals surface area contributed by atoms with E-state index in [0.29, 0.717) is 16.9 Å². The van der Waals surface area contributed by atoms with Crippen LogP contribution < -0.4 is 0 Å². The maximum Gasteiger partial charge on any atom is 0.0580 e. The minimum Gasteiger partial charge on any atom is -0.378 e. The maximum atomic E-state index is 5.97. The lowest BCUT2D eigenvalue weighted by molar-refractivity contribution is -0.0130. The van der Waals surface area contributed by atoms with Crippen LogP contribution in [-0.2, 0) is 4.74 Å². The van der Waals surface area contributed by atoms with Gasteiger partial charge in [0.25, 0.3) is 0 Å². The molecule has 2 fully saturated rings. The topological polar surface area (TPSA) is 15.7 Å². The molecule has 3 heteroatoms. The van der Waals surface area contributed by atoms with Gasteiger partial charge in [0.1, 0.15) is 0 Å². The summed E-state index contributed by atoms with van der Waals surface area (Å²) in [6.07, 6.45) is 9.63. The van der Waals surface area contributed by atoms with Crippen LogP contribution in [0.25, 0.3) is 0 Å². The quantitative estimate of drug-likeness (QED) is 0.652. The van der Waals surface area contributed by atoms with Gasteiger partial charge in [-0.25, -0.2) is 0 Å². The highest BCUT2D eigenvalue weighted by Gasteiger charge is 2.28. The normalized spacial score (nSPS) is 25.1. The predicted octanol–water partition coefficient (Wildman–Crippen LogP) is 4.42. The van der Waals surface area contributed by atoms with Gasteiger partial charge in [0.05, 0.1) is 6.10 Å². The third-order valence-electron chi connectivity index (χ3n) is 6.23. The number of likely N-dealkylation sites (N-methyl/N-ethyl adjacent to an activating group) is 1. The zero-order chi connectivity index (χ0) is 17.6. The minimum absolute atomic E-state index is 0.410. The van der Waals surface area contributed by atoms with E-state index >= 15 is 0 Å². The van der Waals surface area contributed by atoms with E-state index in [9.17, 15) is 0 Å². The Morgan fingerprint density at radius 3 is 2.17 bits per heavy atom. The molecule has 24 heavy (non-hydrogen) atoms. The number of hydrogen-bond donors (Lipinski definition) is 0.